The lowest BCUT2D eigenvalue weighted by Gasteiger charge is -2.61. The molecule has 0 aromatic heterocycles. The molecule has 0 saturated heterocycles. The Balaban J connectivity index is 2.19. The van der Waals surface area contributed by atoms with Gasteiger partial charge < -0.3 is 4.79 Å². The van der Waals surface area contributed by atoms with E-state index in [0.29, 0.717) is 18.1 Å². The van der Waals surface area contributed by atoms with Gasteiger partial charge in [0.15, 0.2) is 0 Å². The summed E-state index contributed by atoms with van der Waals surface area (Å²) in [4.78, 5) is 23.9. The van der Waals surface area contributed by atoms with Gasteiger partial charge in [0.25, 0.3) is 0 Å². The van der Waals surface area contributed by atoms with Gasteiger partial charge in [0.1, 0.15) is 11.6 Å². The molecule has 2 heteroatoms. The highest BCUT2D eigenvalue weighted by atomic mass is 16.1. The van der Waals surface area contributed by atoms with Crippen LogP contribution in [0.5, 0.6) is 0 Å². The standard InChI is InChI=1S/C15H24O2/c1-9(6-10(2)16)15(5)8-11-7-12(13(15)17)14(11,3)4/h9,11-12H,6-8H2,1-5H3/t9-,11-,12+,15+/m1/s1. The molecule has 3 rings (SSSR count). The van der Waals surface area contributed by atoms with Crippen molar-refractivity contribution < 1.29 is 9.59 Å². The van der Waals surface area contributed by atoms with Gasteiger partial charge in [0, 0.05) is 17.8 Å². The molecule has 0 aromatic rings. The maximum Gasteiger partial charge on any atom is 0.142 e. The van der Waals surface area contributed by atoms with Crippen LogP contribution in [-0.2, 0) is 9.59 Å². The highest BCUT2D eigenvalue weighted by molar-refractivity contribution is 5.91. The summed E-state index contributed by atoms with van der Waals surface area (Å²) in [5, 5.41) is 0. The van der Waals surface area contributed by atoms with E-state index in [2.05, 4.69) is 27.7 Å². The number of hydrogen-bond donors (Lipinski definition) is 0. The molecule has 0 heterocycles. The molecule has 3 saturated carbocycles. The fourth-order valence-corrected chi connectivity index (χ4v) is 3.92. The predicted molar refractivity (Wildman–Crippen MR) is 67.6 cm³/mol. The van der Waals surface area contributed by atoms with Crippen LogP contribution in [0, 0.1) is 28.6 Å². The van der Waals surface area contributed by atoms with Gasteiger partial charge in [-0.3, -0.25) is 4.79 Å². The Labute approximate surface area is 104 Å². The van der Waals surface area contributed by atoms with Gasteiger partial charge in [0.05, 0.1) is 0 Å². The van der Waals surface area contributed by atoms with E-state index >= 15 is 0 Å². The molecular formula is C15H24O2. The third-order valence-electron chi connectivity index (χ3n) is 5.70. The highest BCUT2D eigenvalue weighted by Gasteiger charge is 2.62. The van der Waals surface area contributed by atoms with Crippen LogP contribution in [0.15, 0.2) is 0 Å². The zero-order valence-electron chi connectivity index (χ0n) is 11.7. The molecule has 4 atom stereocenters. The van der Waals surface area contributed by atoms with Crippen LogP contribution in [0.4, 0.5) is 0 Å². The van der Waals surface area contributed by atoms with Gasteiger partial charge in [-0.1, -0.05) is 27.7 Å². The summed E-state index contributed by atoms with van der Waals surface area (Å²) in [6.45, 7) is 10.2. The first-order valence-electron chi connectivity index (χ1n) is 6.73. The molecule has 2 bridgehead atoms. The van der Waals surface area contributed by atoms with E-state index in [1.807, 2.05) is 0 Å². The predicted octanol–water partition coefficient (Wildman–Crippen LogP) is 3.24. The normalized spacial score (nSPS) is 40.6. The number of rotatable bonds is 3. The lowest BCUT2D eigenvalue weighted by molar-refractivity contribution is -0.173. The molecule has 0 amide bonds. The monoisotopic (exact) mass is 236 g/mol. The van der Waals surface area contributed by atoms with E-state index in [0.717, 1.165) is 12.8 Å². The fraction of sp³-hybridized carbons (Fsp3) is 0.867. The first-order chi connectivity index (χ1) is 7.69. The Morgan fingerprint density at radius 2 is 2.00 bits per heavy atom. The minimum Gasteiger partial charge on any atom is -0.300 e. The SMILES string of the molecule is CC(=O)C[C@@H](C)[C@]1(C)C[C@H]2C[C@@H](C1=O)C2(C)C. The van der Waals surface area contributed by atoms with E-state index in [4.69, 9.17) is 0 Å². The van der Waals surface area contributed by atoms with Crippen LogP contribution in [0.1, 0.15) is 53.9 Å². The van der Waals surface area contributed by atoms with Gasteiger partial charge in [-0.05, 0) is 37.0 Å². The summed E-state index contributed by atoms with van der Waals surface area (Å²) in [6, 6.07) is 0. The minimum atomic E-state index is -0.255. The summed E-state index contributed by atoms with van der Waals surface area (Å²) in [6.07, 6.45) is 2.60. The molecule has 0 aliphatic heterocycles. The lowest BCUT2D eigenvalue weighted by atomic mass is 9.41. The zero-order chi connectivity index (χ0) is 13.0. The molecule has 0 radical (unpaired) electrons. The molecule has 2 nitrogen and oxygen atoms in total. The average molecular weight is 236 g/mol. The first-order valence-corrected chi connectivity index (χ1v) is 6.73. The molecular weight excluding hydrogens is 212 g/mol. The molecule has 3 aliphatic carbocycles. The second-order valence-corrected chi connectivity index (χ2v) is 7.10. The molecule has 0 unspecified atom stereocenters. The number of carbonyl (C=O) groups excluding carboxylic acids is 2. The van der Waals surface area contributed by atoms with Gasteiger partial charge in [-0.25, -0.2) is 0 Å². The van der Waals surface area contributed by atoms with E-state index < -0.39 is 0 Å². The second-order valence-electron chi connectivity index (χ2n) is 7.10. The summed E-state index contributed by atoms with van der Waals surface area (Å²) in [5.74, 6) is 1.71. The Kier molecular flexibility index (Phi) is 2.76. The number of Topliss-reactive ketones (excluding diaryl/α,β-unsaturated/α-hetero) is 2. The topological polar surface area (TPSA) is 34.1 Å². The highest BCUT2D eigenvalue weighted by Crippen LogP contribution is 2.63. The molecule has 0 aromatic carbocycles. The van der Waals surface area contributed by atoms with Gasteiger partial charge in [0.2, 0.25) is 0 Å². The summed E-state index contributed by atoms with van der Waals surface area (Å²) in [5.41, 5.74) is -0.0543. The number of carbonyl (C=O) groups is 2. The van der Waals surface area contributed by atoms with Crippen molar-refractivity contribution in [2.45, 2.75) is 53.9 Å². The number of ketones is 2. The van der Waals surface area contributed by atoms with Crippen molar-refractivity contribution in [2.75, 3.05) is 0 Å². The fourth-order valence-electron chi connectivity index (χ4n) is 3.92. The number of hydrogen-bond acceptors (Lipinski definition) is 2. The van der Waals surface area contributed by atoms with Crippen molar-refractivity contribution in [1.29, 1.82) is 0 Å². The summed E-state index contributed by atoms with van der Waals surface area (Å²) >= 11 is 0. The molecule has 0 N–H and O–H groups in total. The Morgan fingerprint density at radius 1 is 1.41 bits per heavy atom. The zero-order valence-corrected chi connectivity index (χ0v) is 11.7. The van der Waals surface area contributed by atoms with Gasteiger partial charge in [-0.15, -0.1) is 0 Å². The first kappa shape index (κ1) is 12.8. The lowest BCUT2D eigenvalue weighted by Crippen LogP contribution is -2.61. The van der Waals surface area contributed by atoms with Crippen LogP contribution >= 0.6 is 0 Å². The van der Waals surface area contributed by atoms with Crippen LogP contribution in [-0.4, -0.2) is 11.6 Å². The van der Waals surface area contributed by atoms with Crippen LogP contribution < -0.4 is 0 Å². The van der Waals surface area contributed by atoms with Gasteiger partial charge in [-0.2, -0.15) is 0 Å². The smallest absolute Gasteiger partial charge is 0.142 e. The summed E-state index contributed by atoms with van der Waals surface area (Å²) in [7, 11) is 0. The van der Waals surface area contributed by atoms with Crippen molar-refractivity contribution in [3.63, 3.8) is 0 Å². The summed E-state index contributed by atoms with van der Waals surface area (Å²) < 4.78 is 0. The van der Waals surface area contributed by atoms with Crippen molar-refractivity contribution in [3.8, 4) is 0 Å². The third-order valence-corrected chi connectivity index (χ3v) is 5.70. The maximum atomic E-state index is 12.6. The molecule has 96 valence electrons. The van der Waals surface area contributed by atoms with Crippen LogP contribution in [0.25, 0.3) is 0 Å². The van der Waals surface area contributed by atoms with Crippen molar-refractivity contribution in [1.82, 2.24) is 0 Å². The quantitative estimate of drug-likeness (QED) is 0.754. The molecule has 17 heavy (non-hydrogen) atoms. The van der Waals surface area contributed by atoms with E-state index in [-0.39, 0.29) is 28.4 Å². The Hall–Kier alpha value is -0.660. The second kappa shape index (κ2) is 3.66. The van der Waals surface area contributed by atoms with Crippen molar-refractivity contribution >= 4 is 11.6 Å². The average Bonchev–Trinajstić information content (AvgIpc) is 2.20. The van der Waals surface area contributed by atoms with Crippen LogP contribution in [0.3, 0.4) is 0 Å². The van der Waals surface area contributed by atoms with Crippen molar-refractivity contribution in [2.24, 2.45) is 28.6 Å². The number of fused-ring (bicyclic) bond motifs is 2. The van der Waals surface area contributed by atoms with E-state index in [1.165, 1.54) is 0 Å². The molecule has 3 fully saturated rings. The Bertz CT molecular complexity index is 369. The molecule has 3 aliphatic rings. The van der Waals surface area contributed by atoms with Gasteiger partial charge >= 0.3 is 0 Å². The van der Waals surface area contributed by atoms with E-state index in [1.54, 1.807) is 6.92 Å². The van der Waals surface area contributed by atoms with E-state index in [9.17, 15) is 9.59 Å². The maximum absolute atomic E-state index is 12.6. The van der Waals surface area contributed by atoms with Crippen LogP contribution in [0.2, 0.25) is 0 Å². The largest absolute Gasteiger partial charge is 0.300 e. The third kappa shape index (κ3) is 1.68. The molecule has 0 spiro atoms. The van der Waals surface area contributed by atoms with Crippen molar-refractivity contribution in [3.05, 3.63) is 0 Å². The Morgan fingerprint density at radius 3 is 2.41 bits per heavy atom. The minimum absolute atomic E-state index is 0.189.